The van der Waals surface area contributed by atoms with Gasteiger partial charge in [-0.2, -0.15) is 0 Å². The van der Waals surface area contributed by atoms with E-state index in [1.54, 1.807) is 0 Å². The first-order valence-corrected chi connectivity index (χ1v) is 7.32. The third-order valence-electron chi connectivity index (χ3n) is 4.43. The Hall–Kier alpha value is -1.84. The molecule has 1 N–H and O–H groups in total. The van der Waals surface area contributed by atoms with Crippen LogP contribution in [0.2, 0.25) is 0 Å². The van der Waals surface area contributed by atoms with E-state index in [0.717, 1.165) is 31.4 Å². The number of nitrogens with one attached hydrogen (secondary N) is 1. The number of aryl methyl sites for hydroxylation is 1. The molecule has 1 heterocycles. The molecule has 1 aliphatic carbocycles. The van der Waals surface area contributed by atoms with Crippen molar-refractivity contribution in [3.05, 3.63) is 29.8 Å². The monoisotopic (exact) mass is 272 g/mol. The Bertz CT molecular complexity index is 500. The predicted molar refractivity (Wildman–Crippen MR) is 77.0 cm³/mol. The third-order valence-corrected chi connectivity index (χ3v) is 4.43. The molecule has 0 aromatic heterocycles. The summed E-state index contributed by atoms with van der Waals surface area (Å²) in [5.74, 6) is -0.0919. The molecule has 0 spiro atoms. The van der Waals surface area contributed by atoms with Gasteiger partial charge in [0.05, 0.1) is 18.5 Å². The van der Waals surface area contributed by atoms with Crippen LogP contribution in [0.1, 0.15) is 31.2 Å². The van der Waals surface area contributed by atoms with E-state index in [0.29, 0.717) is 0 Å². The number of benzene rings is 1. The molecule has 1 aromatic rings. The molecule has 2 aliphatic rings. The lowest BCUT2D eigenvalue weighted by Crippen LogP contribution is -2.35. The van der Waals surface area contributed by atoms with Crippen molar-refractivity contribution in [3.8, 4) is 0 Å². The van der Waals surface area contributed by atoms with E-state index in [4.69, 9.17) is 0 Å². The molecule has 2 unspecified atom stereocenters. The van der Waals surface area contributed by atoms with Crippen molar-refractivity contribution >= 4 is 17.5 Å². The van der Waals surface area contributed by atoms with Crippen LogP contribution in [0.5, 0.6) is 0 Å². The number of imide groups is 1. The molecule has 106 valence electrons. The molecule has 3 rings (SSSR count). The SMILES string of the molecule is Cc1ccc(NCN2C(=O)C3CCCCC3C2=O)cc1. The minimum atomic E-state index is -0.0592. The van der Waals surface area contributed by atoms with Gasteiger partial charge in [0.15, 0.2) is 0 Å². The number of carbonyl (C=O) groups is 2. The average molecular weight is 272 g/mol. The van der Waals surface area contributed by atoms with E-state index in [1.807, 2.05) is 31.2 Å². The molecule has 1 aromatic carbocycles. The second kappa shape index (κ2) is 5.27. The van der Waals surface area contributed by atoms with E-state index < -0.39 is 0 Å². The number of fused-ring (bicyclic) bond motifs is 1. The normalized spacial score (nSPS) is 25.8. The number of carbonyl (C=O) groups excluding carboxylic acids is 2. The van der Waals surface area contributed by atoms with Crippen molar-refractivity contribution in [2.45, 2.75) is 32.6 Å². The summed E-state index contributed by atoms with van der Waals surface area (Å²) in [4.78, 5) is 26.0. The molecule has 2 atom stereocenters. The van der Waals surface area contributed by atoms with E-state index in [9.17, 15) is 9.59 Å². The van der Waals surface area contributed by atoms with Gasteiger partial charge in [-0.25, -0.2) is 0 Å². The zero-order chi connectivity index (χ0) is 14.1. The first kappa shape index (κ1) is 13.2. The van der Waals surface area contributed by atoms with Gasteiger partial charge < -0.3 is 5.32 Å². The summed E-state index contributed by atoms with van der Waals surface area (Å²) in [5.41, 5.74) is 2.13. The molecule has 20 heavy (non-hydrogen) atoms. The lowest BCUT2D eigenvalue weighted by molar-refractivity contribution is -0.139. The largest absolute Gasteiger partial charge is 0.367 e. The highest BCUT2D eigenvalue weighted by Crippen LogP contribution is 2.37. The zero-order valence-corrected chi connectivity index (χ0v) is 11.8. The Balaban J connectivity index is 1.66. The van der Waals surface area contributed by atoms with E-state index in [2.05, 4.69) is 5.32 Å². The fraction of sp³-hybridized carbons (Fsp3) is 0.500. The first-order valence-electron chi connectivity index (χ1n) is 7.32. The Labute approximate surface area is 119 Å². The van der Waals surface area contributed by atoms with Crippen molar-refractivity contribution in [3.63, 3.8) is 0 Å². The fourth-order valence-electron chi connectivity index (χ4n) is 3.23. The summed E-state index contributed by atoms with van der Waals surface area (Å²) < 4.78 is 0. The van der Waals surface area contributed by atoms with Crippen molar-refractivity contribution in [2.75, 3.05) is 12.0 Å². The summed E-state index contributed by atoms with van der Waals surface area (Å²) in [7, 11) is 0. The number of likely N-dealkylation sites (tertiary alicyclic amines) is 1. The van der Waals surface area contributed by atoms with Crippen LogP contribution in [-0.2, 0) is 9.59 Å². The summed E-state index contributed by atoms with van der Waals surface area (Å²) in [6.07, 6.45) is 3.88. The third kappa shape index (κ3) is 2.30. The molecule has 4 nitrogen and oxygen atoms in total. The maximum Gasteiger partial charge on any atom is 0.234 e. The number of amides is 2. The standard InChI is InChI=1S/C16H20N2O2/c1-11-6-8-12(9-7-11)17-10-18-15(19)13-4-2-3-5-14(13)16(18)20/h6-9,13-14,17H,2-5,10H2,1H3. The summed E-state index contributed by atoms with van der Waals surface area (Å²) in [6.45, 7) is 2.32. The highest BCUT2D eigenvalue weighted by Gasteiger charge is 2.47. The van der Waals surface area contributed by atoms with Gasteiger partial charge in [-0.05, 0) is 31.9 Å². The van der Waals surface area contributed by atoms with Gasteiger partial charge in [0.25, 0.3) is 0 Å². The fourth-order valence-corrected chi connectivity index (χ4v) is 3.23. The van der Waals surface area contributed by atoms with Crippen LogP contribution in [0.25, 0.3) is 0 Å². The van der Waals surface area contributed by atoms with Crippen LogP contribution >= 0.6 is 0 Å². The second-order valence-electron chi connectivity index (χ2n) is 5.80. The molecule has 1 aliphatic heterocycles. The molecule has 0 bridgehead atoms. The van der Waals surface area contributed by atoms with Crippen molar-refractivity contribution in [1.82, 2.24) is 4.90 Å². The highest BCUT2D eigenvalue weighted by atomic mass is 16.2. The molecule has 1 saturated heterocycles. The van der Waals surface area contributed by atoms with Gasteiger partial charge in [0.2, 0.25) is 11.8 Å². The lowest BCUT2D eigenvalue weighted by atomic mass is 9.81. The first-order chi connectivity index (χ1) is 9.66. The van der Waals surface area contributed by atoms with Crippen LogP contribution < -0.4 is 5.32 Å². The van der Waals surface area contributed by atoms with Crippen molar-refractivity contribution < 1.29 is 9.59 Å². The molecule has 2 amide bonds. The van der Waals surface area contributed by atoms with Crippen LogP contribution in [0.4, 0.5) is 5.69 Å². The Kier molecular flexibility index (Phi) is 3.47. The quantitative estimate of drug-likeness (QED) is 0.860. The smallest absolute Gasteiger partial charge is 0.234 e. The van der Waals surface area contributed by atoms with Gasteiger partial charge >= 0.3 is 0 Å². The van der Waals surface area contributed by atoms with E-state index >= 15 is 0 Å². The Morgan fingerprint density at radius 2 is 1.60 bits per heavy atom. The lowest BCUT2D eigenvalue weighted by Gasteiger charge is -2.19. The van der Waals surface area contributed by atoms with Gasteiger partial charge in [-0.1, -0.05) is 30.5 Å². The van der Waals surface area contributed by atoms with Gasteiger partial charge in [-0.3, -0.25) is 14.5 Å². The van der Waals surface area contributed by atoms with E-state index in [1.165, 1.54) is 10.5 Å². The predicted octanol–water partition coefficient (Wildman–Crippen LogP) is 2.54. The maximum absolute atomic E-state index is 12.3. The number of nitrogens with zero attached hydrogens (tertiary/aromatic N) is 1. The molecule has 1 saturated carbocycles. The number of hydrogen-bond acceptors (Lipinski definition) is 3. The Morgan fingerprint density at radius 1 is 1.05 bits per heavy atom. The van der Waals surface area contributed by atoms with E-state index in [-0.39, 0.29) is 30.3 Å². The van der Waals surface area contributed by atoms with Crippen molar-refractivity contribution in [2.24, 2.45) is 11.8 Å². The molecular formula is C16H20N2O2. The summed E-state index contributed by atoms with van der Waals surface area (Å²) in [5, 5.41) is 3.17. The highest BCUT2D eigenvalue weighted by molar-refractivity contribution is 6.05. The average Bonchev–Trinajstić information content (AvgIpc) is 2.71. The topological polar surface area (TPSA) is 49.4 Å². The van der Waals surface area contributed by atoms with Gasteiger partial charge in [0, 0.05) is 5.69 Å². The van der Waals surface area contributed by atoms with Crippen LogP contribution in [0.3, 0.4) is 0 Å². The summed E-state index contributed by atoms with van der Waals surface area (Å²) in [6, 6.07) is 7.95. The number of anilines is 1. The van der Waals surface area contributed by atoms with Crippen LogP contribution in [-0.4, -0.2) is 23.4 Å². The van der Waals surface area contributed by atoms with Crippen LogP contribution in [0, 0.1) is 18.8 Å². The zero-order valence-electron chi connectivity index (χ0n) is 11.8. The molecular weight excluding hydrogens is 252 g/mol. The number of hydrogen-bond donors (Lipinski definition) is 1. The summed E-state index contributed by atoms with van der Waals surface area (Å²) >= 11 is 0. The van der Waals surface area contributed by atoms with Crippen molar-refractivity contribution in [1.29, 1.82) is 0 Å². The molecule has 4 heteroatoms. The van der Waals surface area contributed by atoms with Gasteiger partial charge in [0.1, 0.15) is 0 Å². The van der Waals surface area contributed by atoms with Crippen LogP contribution in [0.15, 0.2) is 24.3 Å². The molecule has 2 fully saturated rings. The maximum atomic E-state index is 12.3. The molecule has 0 radical (unpaired) electrons. The number of rotatable bonds is 3. The minimum absolute atomic E-state index is 0.0133. The minimum Gasteiger partial charge on any atom is -0.367 e. The second-order valence-corrected chi connectivity index (χ2v) is 5.80. The van der Waals surface area contributed by atoms with Gasteiger partial charge in [-0.15, -0.1) is 0 Å². The Morgan fingerprint density at radius 3 is 2.15 bits per heavy atom.